The van der Waals surface area contributed by atoms with Gasteiger partial charge in [-0.15, -0.1) is 0 Å². The number of sulfonamides is 1. The fraction of sp³-hybridized carbons (Fsp3) is 0.235. The normalized spacial score (nSPS) is 11.0. The second-order valence-corrected chi connectivity index (χ2v) is 6.77. The highest BCUT2D eigenvalue weighted by Crippen LogP contribution is 2.16. The lowest BCUT2D eigenvalue weighted by Gasteiger charge is -2.09. The molecule has 0 bridgehead atoms. The molecule has 25 heavy (non-hydrogen) atoms. The van der Waals surface area contributed by atoms with Crippen molar-refractivity contribution in [1.29, 1.82) is 0 Å². The van der Waals surface area contributed by atoms with E-state index in [-0.39, 0.29) is 11.4 Å². The summed E-state index contributed by atoms with van der Waals surface area (Å²) < 4.78 is 36.9. The number of benzene rings is 2. The first-order valence-corrected chi connectivity index (χ1v) is 9.09. The Bertz CT molecular complexity index is 802. The molecule has 0 fully saturated rings. The van der Waals surface area contributed by atoms with Crippen LogP contribution in [-0.4, -0.2) is 34.6 Å². The third-order valence-corrected chi connectivity index (χ3v) is 4.66. The molecule has 0 saturated carbocycles. The van der Waals surface area contributed by atoms with Crippen molar-refractivity contribution in [2.75, 3.05) is 25.6 Å². The summed E-state index contributed by atoms with van der Waals surface area (Å²) in [4.78, 5) is 12.0. The molecule has 0 spiro atoms. The average molecular weight is 364 g/mol. The van der Waals surface area contributed by atoms with Crippen LogP contribution in [0, 0.1) is 0 Å². The number of nitrogens with one attached hydrogen (secondary N) is 2. The number of hydrogen-bond acceptors (Lipinski definition) is 5. The molecule has 2 N–H and O–H groups in total. The van der Waals surface area contributed by atoms with Gasteiger partial charge in [0.1, 0.15) is 11.5 Å². The van der Waals surface area contributed by atoms with Crippen LogP contribution in [-0.2, 0) is 14.8 Å². The van der Waals surface area contributed by atoms with Gasteiger partial charge in [-0.25, -0.2) is 13.1 Å². The van der Waals surface area contributed by atoms with E-state index in [0.717, 1.165) is 0 Å². The molecule has 0 aliphatic heterocycles. The van der Waals surface area contributed by atoms with Gasteiger partial charge in [0.2, 0.25) is 15.9 Å². The Kier molecular flexibility index (Phi) is 6.37. The number of carbonyl (C=O) groups is 1. The molecule has 0 saturated heterocycles. The Morgan fingerprint density at radius 1 is 1.00 bits per heavy atom. The van der Waals surface area contributed by atoms with Gasteiger partial charge in [-0.1, -0.05) is 0 Å². The largest absolute Gasteiger partial charge is 0.497 e. The molecule has 0 atom stereocenters. The number of amides is 1. The number of methoxy groups -OCH3 is 1. The van der Waals surface area contributed by atoms with Crippen molar-refractivity contribution in [2.45, 2.75) is 11.8 Å². The lowest BCUT2D eigenvalue weighted by Crippen LogP contribution is -2.32. The lowest BCUT2D eigenvalue weighted by molar-refractivity contribution is -0.115. The summed E-state index contributed by atoms with van der Waals surface area (Å²) in [5.74, 6) is 0.772. The van der Waals surface area contributed by atoms with Gasteiger partial charge in [0, 0.05) is 5.69 Å². The first kappa shape index (κ1) is 18.8. The van der Waals surface area contributed by atoms with Crippen molar-refractivity contribution >= 4 is 21.6 Å². The second kappa shape index (κ2) is 8.50. The predicted octanol–water partition coefficient (Wildman–Crippen LogP) is 2.01. The van der Waals surface area contributed by atoms with E-state index in [0.29, 0.717) is 23.8 Å². The van der Waals surface area contributed by atoms with Gasteiger partial charge < -0.3 is 14.8 Å². The molecule has 2 rings (SSSR count). The van der Waals surface area contributed by atoms with Crippen molar-refractivity contribution in [3.8, 4) is 11.5 Å². The Hall–Kier alpha value is -2.58. The van der Waals surface area contributed by atoms with Gasteiger partial charge in [-0.05, 0) is 55.5 Å². The van der Waals surface area contributed by atoms with E-state index in [2.05, 4.69) is 10.0 Å². The third-order valence-electron chi connectivity index (χ3n) is 3.24. The summed E-state index contributed by atoms with van der Waals surface area (Å²) in [5.41, 5.74) is 0.553. The van der Waals surface area contributed by atoms with Gasteiger partial charge in [0.15, 0.2) is 0 Å². The smallest absolute Gasteiger partial charge is 0.241 e. The molecule has 0 heterocycles. The van der Waals surface area contributed by atoms with Crippen molar-refractivity contribution in [2.24, 2.45) is 0 Å². The molecular weight excluding hydrogens is 344 g/mol. The molecule has 2 aromatic carbocycles. The standard InChI is InChI=1S/C17H20N2O5S/c1-3-24-15-6-4-13(5-7-15)19-17(20)12-18-25(21,22)16-10-8-14(23-2)9-11-16/h4-11,18H,3,12H2,1-2H3,(H,19,20). The SMILES string of the molecule is CCOc1ccc(NC(=O)CNS(=O)(=O)c2ccc(OC)cc2)cc1. The van der Waals surface area contributed by atoms with Crippen molar-refractivity contribution in [3.63, 3.8) is 0 Å². The zero-order valence-corrected chi connectivity index (χ0v) is 14.8. The van der Waals surface area contributed by atoms with E-state index < -0.39 is 15.9 Å². The van der Waals surface area contributed by atoms with E-state index in [4.69, 9.17) is 9.47 Å². The van der Waals surface area contributed by atoms with Crippen LogP contribution in [0.5, 0.6) is 11.5 Å². The number of rotatable bonds is 8. The highest BCUT2D eigenvalue weighted by atomic mass is 32.2. The minimum atomic E-state index is -3.77. The van der Waals surface area contributed by atoms with Gasteiger partial charge in [-0.2, -0.15) is 0 Å². The second-order valence-electron chi connectivity index (χ2n) is 5.01. The van der Waals surface area contributed by atoms with Gasteiger partial charge in [0.05, 0.1) is 25.2 Å². The monoisotopic (exact) mass is 364 g/mol. The van der Waals surface area contributed by atoms with Gasteiger partial charge in [-0.3, -0.25) is 4.79 Å². The fourth-order valence-corrected chi connectivity index (χ4v) is 2.99. The summed E-state index contributed by atoms with van der Waals surface area (Å²) in [6, 6.07) is 12.7. The van der Waals surface area contributed by atoms with E-state index in [1.54, 1.807) is 24.3 Å². The van der Waals surface area contributed by atoms with E-state index in [1.165, 1.54) is 31.4 Å². The molecule has 8 heteroatoms. The molecule has 0 aliphatic rings. The molecule has 0 aliphatic carbocycles. The summed E-state index contributed by atoms with van der Waals surface area (Å²) in [7, 11) is -2.28. The molecule has 134 valence electrons. The van der Waals surface area contributed by atoms with Crippen molar-refractivity contribution in [3.05, 3.63) is 48.5 Å². The number of carbonyl (C=O) groups excluding carboxylic acids is 1. The van der Waals surface area contributed by atoms with Crippen molar-refractivity contribution in [1.82, 2.24) is 4.72 Å². The highest BCUT2D eigenvalue weighted by molar-refractivity contribution is 7.89. The molecular formula is C17H20N2O5S. The van der Waals surface area contributed by atoms with Crippen LogP contribution in [0.1, 0.15) is 6.92 Å². The minimum Gasteiger partial charge on any atom is -0.497 e. The summed E-state index contributed by atoms with van der Waals surface area (Å²) >= 11 is 0. The highest BCUT2D eigenvalue weighted by Gasteiger charge is 2.15. The van der Waals surface area contributed by atoms with Crippen LogP contribution >= 0.6 is 0 Å². The maximum Gasteiger partial charge on any atom is 0.241 e. The van der Waals surface area contributed by atoms with Crippen LogP contribution in [0.2, 0.25) is 0 Å². The summed E-state index contributed by atoms with van der Waals surface area (Å²) in [6.07, 6.45) is 0. The Morgan fingerprint density at radius 3 is 2.16 bits per heavy atom. The number of ether oxygens (including phenoxy) is 2. The maximum atomic E-state index is 12.2. The maximum absolute atomic E-state index is 12.2. The van der Waals surface area contributed by atoms with Crippen LogP contribution in [0.3, 0.4) is 0 Å². The summed E-state index contributed by atoms with van der Waals surface area (Å²) in [6.45, 7) is 2.06. The molecule has 0 radical (unpaired) electrons. The quantitative estimate of drug-likeness (QED) is 0.747. The Balaban J connectivity index is 1.91. The Labute approximate surface area is 147 Å². The molecule has 0 aromatic heterocycles. The first-order chi connectivity index (χ1) is 11.9. The van der Waals surface area contributed by atoms with Gasteiger partial charge in [0.25, 0.3) is 0 Å². The minimum absolute atomic E-state index is 0.0576. The zero-order chi connectivity index (χ0) is 18.3. The average Bonchev–Trinajstić information content (AvgIpc) is 2.62. The van der Waals surface area contributed by atoms with E-state index in [9.17, 15) is 13.2 Å². The predicted molar refractivity (Wildman–Crippen MR) is 94.4 cm³/mol. The number of hydrogen-bond donors (Lipinski definition) is 2. The molecule has 1 amide bonds. The number of anilines is 1. The van der Waals surface area contributed by atoms with Crippen LogP contribution < -0.4 is 19.5 Å². The molecule has 0 unspecified atom stereocenters. The molecule has 2 aromatic rings. The van der Waals surface area contributed by atoms with Gasteiger partial charge >= 0.3 is 0 Å². The summed E-state index contributed by atoms with van der Waals surface area (Å²) in [5, 5.41) is 2.61. The topological polar surface area (TPSA) is 93.7 Å². The Morgan fingerprint density at radius 2 is 1.60 bits per heavy atom. The van der Waals surface area contributed by atoms with Crippen LogP contribution in [0.15, 0.2) is 53.4 Å². The lowest BCUT2D eigenvalue weighted by atomic mass is 10.3. The van der Waals surface area contributed by atoms with E-state index in [1.807, 2.05) is 6.92 Å². The van der Waals surface area contributed by atoms with Crippen LogP contribution in [0.25, 0.3) is 0 Å². The van der Waals surface area contributed by atoms with E-state index >= 15 is 0 Å². The third kappa shape index (κ3) is 5.47. The zero-order valence-electron chi connectivity index (χ0n) is 14.0. The first-order valence-electron chi connectivity index (χ1n) is 7.61. The molecule has 7 nitrogen and oxygen atoms in total. The van der Waals surface area contributed by atoms with Crippen LogP contribution in [0.4, 0.5) is 5.69 Å². The fourth-order valence-electron chi connectivity index (χ4n) is 2.01. The van der Waals surface area contributed by atoms with Crippen molar-refractivity contribution < 1.29 is 22.7 Å².